The van der Waals surface area contributed by atoms with Gasteiger partial charge in [-0.05, 0) is 43.2 Å². The van der Waals surface area contributed by atoms with Crippen LogP contribution in [0.15, 0.2) is 36.4 Å². The van der Waals surface area contributed by atoms with Gasteiger partial charge in [0.2, 0.25) is 0 Å². The van der Waals surface area contributed by atoms with Gasteiger partial charge in [-0.15, -0.1) is 0 Å². The molecular weight excluding hydrogens is 251 g/mol. The van der Waals surface area contributed by atoms with E-state index >= 15 is 0 Å². The van der Waals surface area contributed by atoms with Crippen LogP contribution in [0, 0.1) is 19.7 Å². The Morgan fingerprint density at radius 2 is 1.83 bits per heavy atom. The van der Waals surface area contributed by atoms with Gasteiger partial charge in [-0.25, -0.2) is 4.39 Å². The van der Waals surface area contributed by atoms with Crippen molar-refractivity contribution in [1.29, 1.82) is 0 Å². The van der Waals surface area contributed by atoms with Crippen molar-refractivity contribution < 1.29 is 9.18 Å². The predicted octanol–water partition coefficient (Wildman–Crippen LogP) is 4.33. The van der Waals surface area contributed by atoms with E-state index in [0.717, 1.165) is 11.1 Å². The molecule has 0 atom stereocenters. The van der Waals surface area contributed by atoms with Gasteiger partial charge in [0.1, 0.15) is 0 Å². The molecule has 0 aliphatic heterocycles. The van der Waals surface area contributed by atoms with E-state index in [2.05, 4.69) is 0 Å². The summed E-state index contributed by atoms with van der Waals surface area (Å²) in [6.45, 7) is 3.88. The number of halogens is 2. The molecule has 0 amide bonds. The summed E-state index contributed by atoms with van der Waals surface area (Å²) in [5.41, 5.74) is 2.58. The Morgan fingerprint density at radius 1 is 1.11 bits per heavy atom. The summed E-state index contributed by atoms with van der Waals surface area (Å²) in [5.74, 6) is -1.01. The maximum Gasteiger partial charge on any atom is 0.196 e. The molecule has 0 unspecified atom stereocenters. The lowest BCUT2D eigenvalue weighted by atomic mass is 9.99. The standard InChI is InChI=1S/C15H12ClFO/c1-9-6-7-11(8-10(9)2)15(18)12-4-3-5-13(16)14(12)17/h3-8H,1-2H3. The maximum absolute atomic E-state index is 13.8. The molecule has 2 aromatic carbocycles. The van der Waals surface area contributed by atoms with Crippen LogP contribution in [0.5, 0.6) is 0 Å². The molecule has 0 bridgehead atoms. The topological polar surface area (TPSA) is 17.1 Å². The number of carbonyl (C=O) groups excluding carboxylic acids is 1. The summed E-state index contributed by atoms with van der Waals surface area (Å²) in [6, 6.07) is 9.75. The van der Waals surface area contributed by atoms with Crippen LogP contribution in [0.25, 0.3) is 0 Å². The highest BCUT2D eigenvalue weighted by Crippen LogP contribution is 2.21. The van der Waals surface area contributed by atoms with Crippen molar-refractivity contribution in [3.63, 3.8) is 0 Å². The lowest BCUT2D eigenvalue weighted by molar-refractivity contribution is 0.103. The first-order valence-corrected chi connectivity index (χ1v) is 5.94. The highest BCUT2D eigenvalue weighted by Gasteiger charge is 2.16. The average Bonchev–Trinajstić information content (AvgIpc) is 2.35. The first-order chi connectivity index (χ1) is 8.50. The molecule has 0 fully saturated rings. The highest BCUT2D eigenvalue weighted by atomic mass is 35.5. The minimum Gasteiger partial charge on any atom is -0.288 e. The molecule has 92 valence electrons. The molecule has 2 rings (SSSR count). The Labute approximate surface area is 110 Å². The highest BCUT2D eigenvalue weighted by molar-refractivity contribution is 6.31. The summed E-state index contributed by atoms with van der Waals surface area (Å²) in [7, 11) is 0. The Bertz CT molecular complexity index is 620. The van der Waals surface area contributed by atoms with Crippen molar-refractivity contribution >= 4 is 17.4 Å². The van der Waals surface area contributed by atoms with E-state index in [1.165, 1.54) is 12.1 Å². The van der Waals surface area contributed by atoms with Crippen LogP contribution in [0.4, 0.5) is 4.39 Å². The van der Waals surface area contributed by atoms with Crippen molar-refractivity contribution in [3.05, 3.63) is 69.5 Å². The minimum atomic E-state index is -0.664. The summed E-state index contributed by atoms with van der Waals surface area (Å²) in [5, 5.41) is -0.0373. The van der Waals surface area contributed by atoms with Crippen molar-refractivity contribution in [2.75, 3.05) is 0 Å². The summed E-state index contributed by atoms with van der Waals surface area (Å²) < 4.78 is 13.8. The van der Waals surface area contributed by atoms with Crippen LogP contribution in [0.2, 0.25) is 5.02 Å². The molecule has 0 aliphatic carbocycles. The number of aryl methyl sites for hydroxylation is 2. The fraction of sp³-hybridized carbons (Fsp3) is 0.133. The predicted molar refractivity (Wildman–Crippen MR) is 70.8 cm³/mol. The third-order valence-electron chi connectivity index (χ3n) is 2.97. The lowest BCUT2D eigenvalue weighted by Gasteiger charge is -2.06. The van der Waals surface area contributed by atoms with Crippen LogP contribution in [-0.4, -0.2) is 5.78 Å². The van der Waals surface area contributed by atoms with Crippen molar-refractivity contribution in [2.45, 2.75) is 13.8 Å². The van der Waals surface area contributed by atoms with E-state index in [4.69, 9.17) is 11.6 Å². The van der Waals surface area contributed by atoms with Crippen LogP contribution in [0.1, 0.15) is 27.0 Å². The van der Waals surface area contributed by atoms with E-state index in [-0.39, 0.29) is 16.4 Å². The fourth-order valence-electron chi connectivity index (χ4n) is 1.72. The first kappa shape index (κ1) is 12.8. The van der Waals surface area contributed by atoms with E-state index in [1.54, 1.807) is 18.2 Å². The van der Waals surface area contributed by atoms with Crippen LogP contribution >= 0.6 is 11.6 Å². The SMILES string of the molecule is Cc1ccc(C(=O)c2cccc(Cl)c2F)cc1C. The van der Waals surface area contributed by atoms with E-state index in [1.807, 2.05) is 19.9 Å². The zero-order valence-corrected chi connectivity index (χ0v) is 10.9. The number of hydrogen-bond donors (Lipinski definition) is 0. The number of benzene rings is 2. The molecule has 1 nitrogen and oxygen atoms in total. The van der Waals surface area contributed by atoms with Crippen LogP contribution < -0.4 is 0 Å². The van der Waals surface area contributed by atoms with Gasteiger partial charge in [0.05, 0.1) is 10.6 Å². The van der Waals surface area contributed by atoms with Gasteiger partial charge < -0.3 is 0 Å². The third kappa shape index (κ3) is 2.29. The second-order valence-corrected chi connectivity index (χ2v) is 4.64. The van der Waals surface area contributed by atoms with Gasteiger partial charge in [0, 0.05) is 5.56 Å². The Morgan fingerprint density at radius 3 is 2.50 bits per heavy atom. The molecule has 2 aromatic rings. The molecule has 0 aliphatic rings. The second kappa shape index (κ2) is 4.91. The van der Waals surface area contributed by atoms with Crippen LogP contribution in [-0.2, 0) is 0 Å². The molecule has 0 spiro atoms. The monoisotopic (exact) mass is 262 g/mol. The summed E-state index contributed by atoms with van der Waals surface area (Å²) in [4.78, 5) is 12.2. The van der Waals surface area contributed by atoms with Gasteiger partial charge in [0.15, 0.2) is 11.6 Å². The molecule has 18 heavy (non-hydrogen) atoms. The van der Waals surface area contributed by atoms with Gasteiger partial charge >= 0.3 is 0 Å². The molecule has 0 saturated heterocycles. The fourth-order valence-corrected chi connectivity index (χ4v) is 1.89. The Kier molecular flexibility index (Phi) is 3.48. The molecule has 0 N–H and O–H groups in total. The van der Waals surface area contributed by atoms with Crippen LogP contribution in [0.3, 0.4) is 0 Å². The average molecular weight is 263 g/mol. The smallest absolute Gasteiger partial charge is 0.196 e. The molecule has 3 heteroatoms. The Hall–Kier alpha value is -1.67. The van der Waals surface area contributed by atoms with E-state index in [0.29, 0.717) is 5.56 Å². The Balaban J connectivity index is 2.48. The van der Waals surface area contributed by atoms with Crippen molar-refractivity contribution in [3.8, 4) is 0 Å². The van der Waals surface area contributed by atoms with Crippen molar-refractivity contribution in [1.82, 2.24) is 0 Å². The molecular formula is C15H12ClFO. The normalized spacial score (nSPS) is 10.4. The van der Waals surface area contributed by atoms with E-state index in [9.17, 15) is 9.18 Å². The second-order valence-electron chi connectivity index (χ2n) is 4.23. The van der Waals surface area contributed by atoms with Gasteiger partial charge in [-0.1, -0.05) is 29.8 Å². The number of ketones is 1. The van der Waals surface area contributed by atoms with Gasteiger partial charge in [-0.3, -0.25) is 4.79 Å². The zero-order chi connectivity index (χ0) is 13.3. The summed E-state index contributed by atoms with van der Waals surface area (Å²) in [6.07, 6.45) is 0. The van der Waals surface area contributed by atoms with Gasteiger partial charge in [-0.2, -0.15) is 0 Å². The molecule has 0 heterocycles. The minimum absolute atomic E-state index is 0.00533. The van der Waals surface area contributed by atoms with Crippen molar-refractivity contribution in [2.24, 2.45) is 0 Å². The van der Waals surface area contributed by atoms with E-state index < -0.39 is 5.82 Å². The molecule has 0 aromatic heterocycles. The number of rotatable bonds is 2. The third-order valence-corrected chi connectivity index (χ3v) is 3.26. The molecule has 0 radical (unpaired) electrons. The number of hydrogen-bond acceptors (Lipinski definition) is 1. The largest absolute Gasteiger partial charge is 0.288 e. The number of carbonyl (C=O) groups is 1. The summed E-state index contributed by atoms with van der Waals surface area (Å²) >= 11 is 5.67. The maximum atomic E-state index is 13.8. The lowest BCUT2D eigenvalue weighted by Crippen LogP contribution is -2.05. The first-order valence-electron chi connectivity index (χ1n) is 5.56. The van der Waals surface area contributed by atoms with Gasteiger partial charge in [0.25, 0.3) is 0 Å². The molecule has 0 saturated carbocycles. The zero-order valence-electron chi connectivity index (χ0n) is 10.1. The quantitative estimate of drug-likeness (QED) is 0.737.